The average molecular weight is 437 g/mol. The van der Waals surface area contributed by atoms with Crippen molar-refractivity contribution in [1.82, 2.24) is 0 Å². The Morgan fingerprint density at radius 3 is 2.55 bits per heavy atom. The Morgan fingerprint density at radius 1 is 1.24 bits per heavy atom. The molecule has 9 nitrogen and oxygen atoms in total. The molecule has 29 heavy (non-hydrogen) atoms. The molecule has 1 heterocycles. The second-order valence-corrected chi connectivity index (χ2v) is 9.27. The molecule has 3 rings (SSSR count). The van der Waals surface area contributed by atoms with E-state index in [0.717, 1.165) is 11.5 Å². The number of carboxylic acids is 1. The summed E-state index contributed by atoms with van der Waals surface area (Å²) in [6.45, 7) is 2.78. The van der Waals surface area contributed by atoms with Gasteiger partial charge in [-0.1, -0.05) is 6.07 Å². The number of nitrogens with zero attached hydrogens (tertiary/aromatic N) is 2. The van der Waals surface area contributed by atoms with E-state index in [9.17, 15) is 28.4 Å². The first-order valence-electron chi connectivity index (χ1n) is 8.67. The molecule has 0 aliphatic carbocycles. The first kappa shape index (κ1) is 20.9. The van der Waals surface area contributed by atoms with Crippen LogP contribution in [0.5, 0.6) is 0 Å². The fraction of sp³-hybridized carbons (Fsp3) is 0.278. The molecule has 1 aliphatic rings. The van der Waals surface area contributed by atoms with Crippen LogP contribution in [0.1, 0.15) is 15.9 Å². The van der Waals surface area contributed by atoms with Gasteiger partial charge in [0.25, 0.3) is 15.7 Å². The summed E-state index contributed by atoms with van der Waals surface area (Å²) in [7, 11) is -4.14. The van der Waals surface area contributed by atoms with Crippen LogP contribution in [-0.2, 0) is 10.0 Å². The number of aromatic carboxylic acids is 1. The third kappa shape index (κ3) is 4.46. The Kier molecular flexibility index (Phi) is 5.99. The molecule has 0 aromatic heterocycles. The molecule has 0 atom stereocenters. The van der Waals surface area contributed by atoms with Crippen LogP contribution >= 0.6 is 11.8 Å². The highest BCUT2D eigenvalue weighted by Gasteiger charge is 2.24. The summed E-state index contributed by atoms with van der Waals surface area (Å²) in [6.07, 6.45) is 0. The number of nitro benzene ring substituents is 1. The summed E-state index contributed by atoms with van der Waals surface area (Å²) in [5.41, 5.74) is 0.298. The number of anilines is 2. The Balaban J connectivity index is 1.95. The van der Waals surface area contributed by atoms with Gasteiger partial charge in [-0.3, -0.25) is 14.8 Å². The van der Waals surface area contributed by atoms with E-state index in [1.807, 2.05) is 4.90 Å². The SMILES string of the molecule is Cc1c([N+](=O)[O-])cccc1S(=O)(=O)Nc1ccc(N2CCSCC2)c(C(=O)O)c1. The third-order valence-electron chi connectivity index (χ3n) is 4.57. The van der Waals surface area contributed by atoms with E-state index in [-0.39, 0.29) is 27.4 Å². The smallest absolute Gasteiger partial charge is 0.337 e. The monoisotopic (exact) mass is 437 g/mol. The van der Waals surface area contributed by atoms with E-state index < -0.39 is 20.9 Å². The molecule has 0 unspecified atom stereocenters. The second-order valence-electron chi connectivity index (χ2n) is 6.40. The summed E-state index contributed by atoms with van der Waals surface area (Å²) in [5.74, 6) is 0.615. The standard InChI is InChI=1S/C18H19N3O6S2/c1-12-15(21(24)25)3-2-4-17(12)29(26,27)19-13-5-6-16(14(11-13)18(22)23)20-7-9-28-10-8-20/h2-6,11,19H,7-10H2,1H3,(H,22,23). The number of rotatable bonds is 6. The second kappa shape index (κ2) is 8.29. The van der Waals surface area contributed by atoms with E-state index >= 15 is 0 Å². The molecule has 1 fully saturated rings. The number of sulfonamides is 1. The maximum Gasteiger partial charge on any atom is 0.337 e. The molecule has 11 heteroatoms. The van der Waals surface area contributed by atoms with Crippen molar-refractivity contribution in [3.05, 3.63) is 57.6 Å². The van der Waals surface area contributed by atoms with E-state index in [2.05, 4.69) is 4.72 Å². The van der Waals surface area contributed by atoms with Crippen molar-refractivity contribution in [2.75, 3.05) is 34.2 Å². The molecule has 2 aromatic rings. The van der Waals surface area contributed by atoms with Gasteiger partial charge in [-0.25, -0.2) is 13.2 Å². The first-order valence-corrected chi connectivity index (χ1v) is 11.3. The number of nitrogens with one attached hydrogen (secondary N) is 1. The number of carbonyl (C=O) groups is 1. The number of carboxylic acid groups (broad SMARTS) is 1. The van der Waals surface area contributed by atoms with Crippen molar-refractivity contribution in [3.63, 3.8) is 0 Å². The maximum absolute atomic E-state index is 12.8. The zero-order valence-corrected chi connectivity index (χ0v) is 17.1. The largest absolute Gasteiger partial charge is 0.478 e. The average Bonchev–Trinajstić information content (AvgIpc) is 2.68. The van der Waals surface area contributed by atoms with Crippen molar-refractivity contribution in [1.29, 1.82) is 0 Å². The van der Waals surface area contributed by atoms with E-state index in [1.165, 1.54) is 37.3 Å². The van der Waals surface area contributed by atoms with Crippen LogP contribution in [0.25, 0.3) is 0 Å². The van der Waals surface area contributed by atoms with Crippen molar-refractivity contribution in [2.24, 2.45) is 0 Å². The van der Waals surface area contributed by atoms with Gasteiger partial charge in [0.1, 0.15) is 0 Å². The van der Waals surface area contributed by atoms with Gasteiger partial charge in [-0.2, -0.15) is 11.8 Å². The molecule has 0 spiro atoms. The highest BCUT2D eigenvalue weighted by Crippen LogP contribution is 2.30. The summed E-state index contributed by atoms with van der Waals surface area (Å²) in [5, 5.41) is 20.7. The lowest BCUT2D eigenvalue weighted by atomic mass is 10.1. The highest BCUT2D eigenvalue weighted by atomic mass is 32.2. The topological polar surface area (TPSA) is 130 Å². The van der Waals surface area contributed by atoms with Gasteiger partial charge in [-0.05, 0) is 31.2 Å². The highest BCUT2D eigenvalue weighted by molar-refractivity contribution is 7.99. The predicted molar refractivity (Wildman–Crippen MR) is 112 cm³/mol. The lowest BCUT2D eigenvalue weighted by Crippen LogP contribution is -2.33. The number of nitro groups is 1. The summed E-state index contributed by atoms with van der Waals surface area (Å²) in [4.78, 5) is 23.9. The van der Waals surface area contributed by atoms with Crippen LogP contribution in [0.15, 0.2) is 41.3 Å². The normalized spacial score (nSPS) is 14.4. The molecule has 154 valence electrons. The lowest BCUT2D eigenvalue weighted by molar-refractivity contribution is -0.385. The number of hydrogen-bond acceptors (Lipinski definition) is 7. The minimum Gasteiger partial charge on any atom is -0.478 e. The zero-order chi connectivity index (χ0) is 21.2. The van der Waals surface area contributed by atoms with Crippen LogP contribution in [0.3, 0.4) is 0 Å². The molecule has 2 N–H and O–H groups in total. The Labute approximate surface area is 171 Å². The Morgan fingerprint density at radius 2 is 1.93 bits per heavy atom. The van der Waals surface area contributed by atoms with E-state index in [0.29, 0.717) is 18.8 Å². The van der Waals surface area contributed by atoms with E-state index in [4.69, 9.17) is 0 Å². The minimum atomic E-state index is -4.14. The van der Waals surface area contributed by atoms with Gasteiger partial charge in [0, 0.05) is 41.9 Å². The molecule has 0 saturated carbocycles. The van der Waals surface area contributed by atoms with Crippen LogP contribution in [0, 0.1) is 17.0 Å². The van der Waals surface area contributed by atoms with Gasteiger partial charge in [0.15, 0.2) is 0 Å². The van der Waals surface area contributed by atoms with Crippen LogP contribution in [0.2, 0.25) is 0 Å². The van der Waals surface area contributed by atoms with Crippen LogP contribution in [-0.4, -0.2) is 49.0 Å². The number of benzene rings is 2. The maximum atomic E-state index is 12.8. The molecular formula is C18H19N3O6S2. The van der Waals surface area contributed by atoms with Gasteiger partial charge >= 0.3 is 5.97 Å². The van der Waals surface area contributed by atoms with Gasteiger partial charge in [0.2, 0.25) is 0 Å². The third-order valence-corrected chi connectivity index (χ3v) is 7.04. The first-order chi connectivity index (χ1) is 13.7. The number of hydrogen-bond donors (Lipinski definition) is 2. The number of thioether (sulfide) groups is 1. The summed E-state index contributed by atoms with van der Waals surface area (Å²) in [6, 6.07) is 8.12. The lowest BCUT2D eigenvalue weighted by Gasteiger charge is -2.29. The minimum absolute atomic E-state index is 0.00546. The molecular weight excluding hydrogens is 418 g/mol. The summed E-state index contributed by atoms with van der Waals surface area (Å²) >= 11 is 1.79. The predicted octanol–water partition coefficient (Wildman–Crippen LogP) is 2.96. The van der Waals surface area contributed by atoms with Crippen molar-refractivity contribution in [3.8, 4) is 0 Å². The van der Waals surface area contributed by atoms with Gasteiger partial charge in [0.05, 0.1) is 21.1 Å². The van der Waals surface area contributed by atoms with Crippen LogP contribution in [0.4, 0.5) is 17.1 Å². The van der Waals surface area contributed by atoms with Crippen molar-refractivity contribution in [2.45, 2.75) is 11.8 Å². The Hall–Kier alpha value is -2.79. The fourth-order valence-corrected chi connectivity index (χ4v) is 5.37. The van der Waals surface area contributed by atoms with Gasteiger partial charge < -0.3 is 10.0 Å². The van der Waals surface area contributed by atoms with Crippen molar-refractivity contribution < 1.29 is 23.2 Å². The quantitative estimate of drug-likeness (QED) is 0.521. The summed E-state index contributed by atoms with van der Waals surface area (Å²) < 4.78 is 27.9. The molecule has 2 aromatic carbocycles. The molecule has 0 bridgehead atoms. The van der Waals surface area contributed by atoms with E-state index in [1.54, 1.807) is 17.8 Å². The Bertz CT molecular complexity index is 1070. The van der Waals surface area contributed by atoms with Crippen molar-refractivity contribution >= 4 is 44.8 Å². The fourth-order valence-electron chi connectivity index (χ4n) is 3.15. The molecule has 0 amide bonds. The van der Waals surface area contributed by atoms with Crippen LogP contribution < -0.4 is 9.62 Å². The zero-order valence-electron chi connectivity index (χ0n) is 15.5. The van der Waals surface area contributed by atoms with Gasteiger partial charge in [-0.15, -0.1) is 0 Å². The molecule has 0 radical (unpaired) electrons. The molecule has 1 saturated heterocycles. The molecule has 1 aliphatic heterocycles.